The predicted molar refractivity (Wildman–Crippen MR) is 155 cm³/mol. The average molecular weight is 501 g/mol. The molecule has 37 heavy (non-hydrogen) atoms. The van der Waals surface area contributed by atoms with Crippen molar-refractivity contribution in [2.75, 3.05) is 32.1 Å². The van der Waals surface area contributed by atoms with Crippen LogP contribution in [-0.2, 0) is 25.8 Å². The molecule has 198 valence electrons. The van der Waals surface area contributed by atoms with Crippen molar-refractivity contribution in [1.82, 2.24) is 4.90 Å². The molecule has 0 fully saturated rings. The number of benzene rings is 3. The second kappa shape index (κ2) is 11.6. The number of phenolic OH excluding ortho intramolecular Hbond substituents is 1. The van der Waals surface area contributed by atoms with Crippen molar-refractivity contribution in [3.05, 3.63) is 88.5 Å². The minimum absolute atomic E-state index is 0.137. The monoisotopic (exact) mass is 500 g/mol. The molecule has 1 atom stereocenters. The Morgan fingerprint density at radius 2 is 1.65 bits per heavy atom. The minimum atomic E-state index is 0.137. The normalized spacial score (nSPS) is 15.5. The number of likely N-dealkylation sites (N-methyl/N-ethyl adjacent to an activating group) is 1. The number of anilines is 1. The number of phenols is 1. The number of aryl methyl sites for hydroxylation is 1. The van der Waals surface area contributed by atoms with E-state index in [1.54, 1.807) is 7.11 Å². The first-order chi connectivity index (χ1) is 17.7. The van der Waals surface area contributed by atoms with Gasteiger partial charge in [0.15, 0.2) is 0 Å². The highest BCUT2D eigenvalue weighted by atomic mass is 16.5. The lowest BCUT2D eigenvalue weighted by atomic mass is 9.79. The number of ether oxygens (including phenoxy) is 1. The zero-order chi connectivity index (χ0) is 26.6. The van der Waals surface area contributed by atoms with Crippen LogP contribution < -0.4 is 9.64 Å². The first-order valence-corrected chi connectivity index (χ1v) is 13.8. The number of rotatable bonds is 10. The van der Waals surface area contributed by atoms with Crippen LogP contribution in [0.4, 0.5) is 5.69 Å². The van der Waals surface area contributed by atoms with Gasteiger partial charge >= 0.3 is 0 Å². The molecule has 0 radical (unpaired) electrons. The standard InChI is InChI=1S/C33H44N2O2/c1-7-34(5)33(3,4)22-24-9-11-25(12-10-24)23-35(8-2)32-21-30(37-6)17-18-31(32)28-14-13-27-20-29(36)16-15-26(27)19-28/h9-12,15-18,20-21,28,36H,7-8,13-14,19,22-23H2,1-6H3. The van der Waals surface area contributed by atoms with Crippen molar-refractivity contribution >= 4 is 5.69 Å². The molecule has 0 saturated heterocycles. The van der Waals surface area contributed by atoms with Crippen LogP contribution in [0, 0.1) is 0 Å². The van der Waals surface area contributed by atoms with Crippen LogP contribution in [0.25, 0.3) is 0 Å². The fraction of sp³-hybridized carbons (Fsp3) is 0.455. The fourth-order valence-electron chi connectivity index (χ4n) is 5.69. The topological polar surface area (TPSA) is 35.9 Å². The Morgan fingerprint density at radius 3 is 2.32 bits per heavy atom. The summed E-state index contributed by atoms with van der Waals surface area (Å²) >= 11 is 0. The predicted octanol–water partition coefficient (Wildman–Crippen LogP) is 6.97. The first-order valence-electron chi connectivity index (χ1n) is 13.8. The molecule has 4 nitrogen and oxygen atoms in total. The van der Waals surface area contributed by atoms with Crippen LogP contribution >= 0.6 is 0 Å². The summed E-state index contributed by atoms with van der Waals surface area (Å²) in [6.07, 6.45) is 4.13. The molecule has 0 aliphatic heterocycles. The molecule has 0 spiro atoms. The van der Waals surface area contributed by atoms with E-state index in [2.05, 4.69) is 93.1 Å². The van der Waals surface area contributed by atoms with E-state index in [9.17, 15) is 5.11 Å². The molecule has 1 aliphatic carbocycles. The van der Waals surface area contributed by atoms with Crippen molar-refractivity contribution < 1.29 is 9.84 Å². The van der Waals surface area contributed by atoms with Crippen molar-refractivity contribution in [3.63, 3.8) is 0 Å². The molecular formula is C33H44N2O2. The number of methoxy groups -OCH3 is 1. The van der Waals surface area contributed by atoms with E-state index in [-0.39, 0.29) is 5.54 Å². The Balaban J connectivity index is 1.56. The van der Waals surface area contributed by atoms with Crippen LogP contribution in [0.3, 0.4) is 0 Å². The quantitative estimate of drug-likeness (QED) is 0.326. The molecule has 0 bridgehead atoms. The summed E-state index contributed by atoms with van der Waals surface area (Å²) in [6.45, 7) is 11.9. The van der Waals surface area contributed by atoms with E-state index in [4.69, 9.17) is 4.74 Å². The average Bonchev–Trinajstić information content (AvgIpc) is 2.91. The first kappa shape index (κ1) is 27.1. The Hall–Kier alpha value is -2.98. The highest BCUT2D eigenvalue weighted by Gasteiger charge is 2.25. The summed E-state index contributed by atoms with van der Waals surface area (Å²) in [5, 5.41) is 9.90. The molecule has 1 unspecified atom stereocenters. The molecule has 4 rings (SSSR count). The van der Waals surface area contributed by atoms with Crippen molar-refractivity contribution in [1.29, 1.82) is 0 Å². The van der Waals surface area contributed by atoms with Crippen LogP contribution in [0.2, 0.25) is 0 Å². The second-order valence-corrected chi connectivity index (χ2v) is 11.2. The van der Waals surface area contributed by atoms with E-state index >= 15 is 0 Å². The van der Waals surface area contributed by atoms with Gasteiger partial charge in [-0.1, -0.05) is 43.3 Å². The third-order valence-electron chi connectivity index (χ3n) is 8.36. The maximum Gasteiger partial charge on any atom is 0.120 e. The van der Waals surface area contributed by atoms with Gasteiger partial charge in [0, 0.05) is 30.4 Å². The Kier molecular flexibility index (Phi) is 8.49. The van der Waals surface area contributed by atoms with E-state index in [1.807, 2.05) is 12.1 Å². The van der Waals surface area contributed by atoms with E-state index < -0.39 is 0 Å². The van der Waals surface area contributed by atoms with E-state index in [0.717, 1.165) is 51.1 Å². The molecule has 0 aromatic heterocycles. The highest BCUT2D eigenvalue weighted by Crippen LogP contribution is 2.40. The van der Waals surface area contributed by atoms with E-state index in [1.165, 1.54) is 33.5 Å². The molecule has 3 aromatic rings. The minimum Gasteiger partial charge on any atom is -0.508 e. The summed E-state index contributed by atoms with van der Waals surface area (Å²) in [5.74, 6) is 1.72. The van der Waals surface area contributed by atoms with Gasteiger partial charge in [0.1, 0.15) is 11.5 Å². The van der Waals surface area contributed by atoms with Crippen LogP contribution in [0.5, 0.6) is 11.5 Å². The number of aromatic hydroxyl groups is 1. The SMILES string of the molecule is CCN(Cc1ccc(CC(C)(C)N(C)CC)cc1)c1cc(OC)ccc1C1CCc2cc(O)ccc2C1. The summed E-state index contributed by atoms with van der Waals surface area (Å²) in [4.78, 5) is 4.89. The number of hydrogen-bond donors (Lipinski definition) is 1. The number of nitrogens with zero attached hydrogens (tertiary/aromatic N) is 2. The van der Waals surface area contributed by atoms with Gasteiger partial charge in [-0.25, -0.2) is 0 Å². The Morgan fingerprint density at radius 1 is 0.919 bits per heavy atom. The fourth-order valence-corrected chi connectivity index (χ4v) is 5.69. The third-order valence-corrected chi connectivity index (χ3v) is 8.36. The van der Waals surface area contributed by atoms with Gasteiger partial charge in [0.2, 0.25) is 0 Å². The molecule has 1 aliphatic rings. The maximum absolute atomic E-state index is 9.90. The third kappa shape index (κ3) is 6.30. The van der Waals surface area contributed by atoms with Gasteiger partial charge in [-0.15, -0.1) is 0 Å². The van der Waals surface area contributed by atoms with Gasteiger partial charge in [0.05, 0.1) is 7.11 Å². The smallest absolute Gasteiger partial charge is 0.120 e. The molecule has 0 heterocycles. The number of fused-ring (bicyclic) bond motifs is 1. The van der Waals surface area contributed by atoms with Gasteiger partial charge in [-0.3, -0.25) is 0 Å². The highest BCUT2D eigenvalue weighted by molar-refractivity contribution is 5.60. The second-order valence-electron chi connectivity index (χ2n) is 11.2. The van der Waals surface area contributed by atoms with Crippen molar-refractivity contribution in [2.24, 2.45) is 0 Å². The lowest BCUT2D eigenvalue weighted by molar-refractivity contribution is 0.164. The van der Waals surface area contributed by atoms with Crippen molar-refractivity contribution in [3.8, 4) is 11.5 Å². The number of hydrogen-bond acceptors (Lipinski definition) is 4. The summed E-state index contributed by atoms with van der Waals surface area (Å²) in [6, 6.07) is 21.6. The summed E-state index contributed by atoms with van der Waals surface area (Å²) in [7, 11) is 3.95. The maximum atomic E-state index is 9.90. The largest absolute Gasteiger partial charge is 0.508 e. The molecule has 3 aromatic carbocycles. The zero-order valence-electron chi connectivity index (χ0n) is 23.6. The Bertz CT molecular complexity index is 1190. The molecule has 4 heteroatoms. The van der Waals surface area contributed by atoms with Crippen LogP contribution in [0.15, 0.2) is 60.7 Å². The lowest BCUT2D eigenvalue weighted by Gasteiger charge is -2.35. The van der Waals surface area contributed by atoms with Crippen LogP contribution in [-0.4, -0.2) is 42.8 Å². The molecule has 0 amide bonds. The molecular weight excluding hydrogens is 456 g/mol. The zero-order valence-corrected chi connectivity index (χ0v) is 23.6. The van der Waals surface area contributed by atoms with Gasteiger partial charge in [0.25, 0.3) is 0 Å². The van der Waals surface area contributed by atoms with Gasteiger partial charge in [-0.05, 0) is 112 Å². The summed E-state index contributed by atoms with van der Waals surface area (Å²) in [5.41, 5.74) is 8.14. The van der Waals surface area contributed by atoms with E-state index in [0.29, 0.717) is 11.7 Å². The molecule has 1 N–H and O–H groups in total. The van der Waals surface area contributed by atoms with Gasteiger partial charge in [-0.2, -0.15) is 0 Å². The molecule has 0 saturated carbocycles. The lowest BCUT2D eigenvalue weighted by Crippen LogP contribution is -2.42. The Labute approximate surface area is 223 Å². The summed E-state index contributed by atoms with van der Waals surface area (Å²) < 4.78 is 5.64. The van der Waals surface area contributed by atoms with Gasteiger partial charge < -0.3 is 19.6 Å². The van der Waals surface area contributed by atoms with Crippen molar-refractivity contribution in [2.45, 2.75) is 71.4 Å². The van der Waals surface area contributed by atoms with Crippen LogP contribution in [0.1, 0.15) is 67.9 Å².